The number of ether oxygens (including phenoxy) is 1. The largest absolute Gasteiger partial charge is 0.467 e. The number of rotatable bonds is 3. The van der Waals surface area contributed by atoms with Gasteiger partial charge < -0.3 is 19.4 Å². The predicted molar refractivity (Wildman–Crippen MR) is 114 cm³/mol. The Morgan fingerprint density at radius 2 is 1.97 bits per heavy atom. The molecular formula is C25H24N2O5. The number of nitrogens with zero attached hydrogens (tertiary/aromatic N) is 1. The van der Waals surface area contributed by atoms with Gasteiger partial charge in [-0.25, -0.2) is 0 Å². The highest BCUT2D eigenvalue weighted by Gasteiger charge is 2.74. The molecular weight excluding hydrogens is 408 g/mol. The molecule has 2 aromatic rings. The van der Waals surface area contributed by atoms with Crippen LogP contribution >= 0.6 is 0 Å². The number of anilines is 1. The van der Waals surface area contributed by atoms with Crippen molar-refractivity contribution >= 4 is 23.3 Å². The Morgan fingerprint density at radius 3 is 2.69 bits per heavy atom. The summed E-state index contributed by atoms with van der Waals surface area (Å²) in [6, 6.07) is 10.2. The maximum absolute atomic E-state index is 13.9. The zero-order chi connectivity index (χ0) is 22.2. The molecule has 7 atom stereocenters. The Hall–Kier alpha value is -3.19. The van der Waals surface area contributed by atoms with Gasteiger partial charge >= 0.3 is 0 Å². The standard InChI is InChI=1S/C25H24N2O5/c1-13-5-7-15(8-6-13)26-23(29)20-19-9-10-25(32-19)21(20)24(30)27-16(18-4-3-11-31-18)12-17(28)14(2)22(25)27/h3-11,14,16,19-22H,12H2,1-2H3,(H,26,29)/t14-,16+,19-,20+,21-,22+,25-/m0/s1. The lowest BCUT2D eigenvalue weighted by molar-refractivity contribution is -0.147. The summed E-state index contributed by atoms with van der Waals surface area (Å²) in [5.41, 5.74) is 0.803. The average molecular weight is 432 g/mol. The van der Waals surface area contributed by atoms with Gasteiger partial charge in [-0.15, -0.1) is 0 Å². The number of hydrogen-bond acceptors (Lipinski definition) is 5. The molecule has 164 valence electrons. The molecule has 5 heterocycles. The fraction of sp³-hybridized carbons (Fsp3) is 0.400. The minimum absolute atomic E-state index is 0.0727. The number of benzene rings is 1. The number of carbonyl (C=O) groups is 3. The molecule has 4 aliphatic rings. The van der Waals surface area contributed by atoms with Gasteiger partial charge in [0.2, 0.25) is 11.8 Å². The van der Waals surface area contributed by atoms with E-state index in [4.69, 9.17) is 9.15 Å². The molecule has 1 spiro atoms. The monoisotopic (exact) mass is 432 g/mol. The number of nitrogens with one attached hydrogen (secondary N) is 1. The van der Waals surface area contributed by atoms with Crippen LogP contribution in [0.5, 0.6) is 0 Å². The molecule has 1 N–H and O–H groups in total. The van der Waals surface area contributed by atoms with Crippen LogP contribution in [0.3, 0.4) is 0 Å². The number of aryl methyl sites for hydroxylation is 1. The third-order valence-electron chi connectivity index (χ3n) is 7.57. The quantitative estimate of drug-likeness (QED) is 0.754. The number of Topliss-reactive ketones (excluding diaryl/α,β-unsaturated/α-hetero) is 1. The fourth-order valence-corrected chi connectivity index (χ4v) is 6.13. The lowest BCUT2D eigenvalue weighted by Gasteiger charge is -2.43. The van der Waals surface area contributed by atoms with Crippen LogP contribution in [0.2, 0.25) is 0 Å². The Kier molecular flexibility index (Phi) is 4.05. The number of carbonyl (C=O) groups excluding carboxylic acids is 3. The number of furan rings is 1. The first kappa shape index (κ1) is 19.5. The van der Waals surface area contributed by atoms with Crippen LogP contribution in [0.1, 0.15) is 30.7 Å². The second kappa shape index (κ2) is 6.65. The highest BCUT2D eigenvalue weighted by molar-refractivity contribution is 6.00. The SMILES string of the molecule is Cc1ccc(NC(=O)[C@@H]2[C@@H]3C=C[C@]4(O3)[C@@H]2C(=O)N2[C@@H](c3ccco3)CC(=O)[C@H](C)[C@@H]24)cc1. The molecule has 7 nitrogen and oxygen atoms in total. The third kappa shape index (κ3) is 2.48. The summed E-state index contributed by atoms with van der Waals surface area (Å²) in [5, 5.41) is 2.96. The van der Waals surface area contributed by atoms with Gasteiger partial charge in [0.1, 0.15) is 17.1 Å². The Balaban J connectivity index is 1.38. The molecule has 3 fully saturated rings. The summed E-state index contributed by atoms with van der Waals surface area (Å²) in [5.74, 6) is -1.44. The number of amides is 2. The van der Waals surface area contributed by atoms with Crippen LogP contribution in [0, 0.1) is 24.7 Å². The Morgan fingerprint density at radius 1 is 1.19 bits per heavy atom. The van der Waals surface area contributed by atoms with E-state index in [9.17, 15) is 14.4 Å². The molecule has 1 aromatic carbocycles. The summed E-state index contributed by atoms with van der Waals surface area (Å²) in [6.07, 6.45) is 5.05. The number of hydrogen-bond donors (Lipinski definition) is 1. The van der Waals surface area contributed by atoms with Gasteiger partial charge in [0.25, 0.3) is 0 Å². The van der Waals surface area contributed by atoms with Crippen LogP contribution in [0.15, 0.2) is 59.2 Å². The summed E-state index contributed by atoms with van der Waals surface area (Å²) < 4.78 is 12.0. The van der Waals surface area contributed by atoms with E-state index < -0.39 is 41.5 Å². The Labute approximate surface area is 185 Å². The zero-order valence-electron chi connectivity index (χ0n) is 17.9. The topological polar surface area (TPSA) is 88.8 Å². The van der Waals surface area contributed by atoms with Crippen molar-refractivity contribution in [2.75, 3.05) is 5.32 Å². The van der Waals surface area contributed by atoms with Crippen molar-refractivity contribution < 1.29 is 23.5 Å². The first-order valence-corrected chi connectivity index (χ1v) is 11.0. The Bertz CT molecular complexity index is 1140. The molecule has 3 saturated heterocycles. The molecule has 1 aromatic heterocycles. The van der Waals surface area contributed by atoms with Crippen molar-refractivity contribution in [3.05, 3.63) is 66.1 Å². The molecule has 2 amide bonds. The van der Waals surface area contributed by atoms with Crippen LogP contribution in [-0.4, -0.2) is 40.2 Å². The van der Waals surface area contributed by atoms with Crippen molar-refractivity contribution in [2.24, 2.45) is 17.8 Å². The van der Waals surface area contributed by atoms with Crippen molar-refractivity contribution in [2.45, 2.75) is 44.1 Å². The van der Waals surface area contributed by atoms with Gasteiger partial charge in [-0.3, -0.25) is 14.4 Å². The average Bonchev–Trinajstić information content (AvgIpc) is 3.54. The lowest BCUT2D eigenvalue weighted by atomic mass is 9.70. The molecule has 6 rings (SSSR count). The molecule has 0 radical (unpaired) electrons. The maximum Gasteiger partial charge on any atom is 0.231 e. The predicted octanol–water partition coefficient (Wildman–Crippen LogP) is 3.03. The number of fused-ring (bicyclic) bond motifs is 2. The molecule has 0 unspecified atom stereocenters. The summed E-state index contributed by atoms with van der Waals surface area (Å²) >= 11 is 0. The van der Waals surface area contributed by atoms with E-state index in [2.05, 4.69) is 5.32 Å². The van der Waals surface area contributed by atoms with E-state index in [1.807, 2.05) is 50.3 Å². The molecule has 4 aliphatic heterocycles. The lowest BCUT2D eigenvalue weighted by Crippen LogP contribution is -2.55. The van der Waals surface area contributed by atoms with Crippen molar-refractivity contribution in [1.82, 2.24) is 4.90 Å². The van der Waals surface area contributed by atoms with E-state index in [0.29, 0.717) is 11.4 Å². The van der Waals surface area contributed by atoms with Crippen LogP contribution < -0.4 is 5.32 Å². The van der Waals surface area contributed by atoms with Gasteiger partial charge in [0.05, 0.1) is 36.3 Å². The zero-order valence-corrected chi connectivity index (χ0v) is 17.9. The van der Waals surface area contributed by atoms with Crippen molar-refractivity contribution in [1.29, 1.82) is 0 Å². The highest BCUT2D eigenvalue weighted by Crippen LogP contribution is 2.59. The van der Waals surface area contributed by atoms with Crippen LogP contribution in [0.25, 0.3) is 0 Å². The van der Waals surface area contributed by atoms with E-state index >= 15 is 0 Å². The molecule has 0 aliphatic carbocycles. The molecule has 0 saturated carbocycles. The molecule has 2 bridgehead atoms. The first-order valence-electron chi connectivity index (χ1n) is 11.0. The highest BCUT2D eigenvalue weighted by atomic mass is 16.5. The number of piperidine rings is 1. The van der Waals surface area contributed by atoms with Gasteiger partial charge in [-0.2, -0.15) is 0 Å². The second-order valence-corrected chi connectivity index (χ2v) is 9.33. The minimum atomic E-state index is -0.975. The second-order valence-electron chi connectivity index (χ2n) is 9.33. The number of ketones is 1. The van der Waals surface area contributed by atoms with Crippen molar-refractivity contribution in [3.8, 4) is 0 Å². The van der Waals surface area contributed by atoms with Gasteiger partial charge in [-0.1, -0.05) is 36.8 Å². The van der Waals surface area contributed by atoms with Crippen LogP contribution in [-0.2, 0) is 19.1 Å². The normalized spacial score (nSPS) is 37.0. The third-order valence-corrected chi connectivity index (χ3v) is 7.57. The van der Waals surface area contributed by atoms with E-state index in [0.717, 1.165) is 5.56 Å². The van der Waals surface area contributed by atoms with Crippen molar-refractivity contribution in [3.63, 3.8) is 0 Å². The minimum Gasteiger partial charge on any atom is -0.467 e. The van der Waals surface area contributed by atoms with Crippen LogP contribution in [0.4, 0.5) is 5.69 Å². The summed E-state index contributed by atoms with van der Waals surface area (Å²) in [7, 11) is 0. The van der Waals surface area contributed by atoms with E-state index in [1.54, 1.807) is 23.3 Å². The van der Waals surface area contributed by atoms with E-state index in [-0.39, 0.29) is 24.0 Å². The van der Waals surface area contributed by atoms with Gasteiger partial charge in [0.15, 0.2) is 0 Å². The van der Waals surface area contributed by atoms with Gasteiger partial charge in [-0.05, 0) is 31.2 Å². The fourth-order valence-electron chi connectivity index (χ4n) is 6.13. The van der Waals surface area contributed by atoms with Gasteiger partial charge in [0, 0.05) is 18.0 Å². The maximum atomic E-state index is 13.9. The molecule has 7 heteroatoms. The van der Waals surface area contributed by atoms with E-state index in [1.165, 1.54) is 0 Å². The summed E-state index contributed by atoms with van der Waals surface area (Å²) in [4.78, 5) is 41.9. The smallest absolute Gasteiger partial charge is 0.231 e. The molecule has 32 heavy (non-hydrogen) atoms. The first-order chi connectivity index (χ1) is 15.4. The summed E-state index contributed by atoms with van der Waals surface area (Å²) in [6.45, 7) is 3.84.